The Balaban J connectivity index is 1.05. The summed E-state index contributed by atoms with van der Waals surface area (Å²) in [5.41, 5.74) is 5.89. The van der Waals surface area contributed by atoms with Gasteiger partial charge in [-0.1, -0.05) is 18.2 Å². The Bertz CT molecular complexity index is 1640. The van der Waals surface area contributed by atoms with Crippen LogP contribution in [0.1, 0.15) is 27.0 Å². The Morgan fingerprint density at radius 2 is 1.83 bits per heavy atom. The Hall–Kier alpha value is -5.07. The molecule has 9 heteroatoms. The number of anilines is 2. The van der Waals surface area contributed by atoms with Gasteiger partial charge in [-0.25, -0.2) is 4.98 Å². The Morgan fingerprint density at radius 1 is 1.02 bits per heavy atom. The van der Waals surface area contributed by atoms with E-state index in [9.17, 15) is 4.79 Å². The number of nitrogens with one attached hydrogen (secondary N) is 1. The first-order valence-electron chi connectivity index (χ1n) is 13.8. The number of methoxy groups -OCH3 is 1. The third kappa shape index (κ3) is 5.71. The fraction of sp³-hybridized carbons (Fsp3) is 0.242. The molecule has 0 radical (unpaired) electrons. The third-order valence-electron chi connectivity index (χ3n) is 7.65. The Labute approximate surface area is 244 Å². The van der Waals surface area contributed by atoms with E-state index in [-0.39, 0.29) is 12.7 Å². The number of pyridine rings is 1. The van der Waals surface area contributed by atoms with Crippen LogP contribution in [0.25, 0.3) is 11.1 Å². The molecule has 1 aromatic heterocycles. The first kappa shape index (κ1) is 27.1. The molecule has 1 saturated heterocycles. The summed E-state index contributed by atoms with van der Waals surface area (Å²) < 4.78 is 16.6. The zero-order valence-electron chi connectivity index (χ0n) is 23.6. The third-order valence-corrected chi connectivity index (χ3v) is 7.65. The number of aryl methyl sites for hydroxylation is 1. The molecule has 2 aliphatic rings. The number of carbonyl (C=O) groups is 1. The number of hydrogen-bond donors (Lipinski definition) is 1. The van der Waals surface area contributed by atoms with Gasteiger partial charge in [0.1, 0.15) is 5.82 Å². The lowest BCUT2D eigenvalue weighted by Crippen LogP contribution is -2.46. The standard InChI is InChI=1S/C33H31N5O4/c1-22-3-6-26(17-28(22)25-7-4-23(18-34)5-8-25)33(39)36-27-9-10-31(35-19-27)38-13-11-37(12-14-38)20-24-15-29(40-2)32-30(16-24)41-21-42-32/h3-10,15-17,19H,11-14,20-21H2,1-2H3,(H,36,39). The van der Waals surface area contributed by atoms with Crippen molar-refractivity contribution in [3.8, 4) is 34.4 Å². The van der Waals surface area contributed by atoms with E-state index in [1.54, 1.807) is 25.4 Å². The smallest absolute Gasteiger partial charge is 0.255 e. The second kappa shape index (κ2) is 11.8. The van der Waals surface area contributed by atoms with Crippen molar-refractivity contribution in [3.05, 3.63) is 95.2 Å². The fourth-order valence-electron chi connectivity index (χ4n) is 5.32. The van der Waals surface area contributed by atoms with Crippen molar-refractivity contribution in [2.24, 2.45) is 0 Å². The van der Waals surface area contributed by atoms with Gasteiger partial charge in [-0.3, -0.25) is 9.69 Å². The van der Waals surface area contributed by atoms with Crippen molar-refractivity contribution in [1.29, 1.82) is 5.26 Å². The van der Waals surface area contributed by atoms with Crippen molar-refractivity contribution >= 4 is 17.4 Å². The number of benzene rings is 3. The highest BCUT2D eigenvalue weighted by molar-refractivity contribution is 6.05. The fourth-order valence-corrected chi connectivity index (χ4v) is 5.32. The maximum Gasteiger partial charge on any atom is 0.255 e. The van der Waals surface area contributed by atoms with Crippen molar-refractivity contribution < 1.29 is 19.0 Å². The zero-order chi connectivity index (χ0) is 29.1. The summed E-state index contributed by atoms with van der Waals surface area (Å²) in [5, 5.41) is 12.0. The number of rotatable bonds is 7. The second-order valence-electron chi connectivity index (χ2n) is 10.4. The predicted octanol–water partition coefficient (Wildman–Crippen LogP) is 5.24. The number of aromatic nitrogens is 1. The molecule has 3 heterocycles. The molecule has 1 N–H and O–H groups in total. The van der Waals surface area contributed by atoms with Crippen LogP contribution in [-0.2, 0) is 6.54 Å². The average molecular weight is 562 g/mol. The van der Waals surface area contributed by atoms with Gasteiger partial charge in [0, 0.05) is 38.3 Å². The molecule has 0 aliphatic carbocycles. The van der Waals surface area contributed by atoms with Crippen LogP contribution in [0.5, 0.6) is 17.2 Å². The lowest BCUT2D eigenvalue weighted by Gasteiger charge is -2.35. The predicted molar refractivity (Wildman–Crippen MR) is 160 cm³/mol. The monoisotopic (exact) mass is 561 g/mol. The molecule has 3 aromatic carbocycles. The molecule has 4 aromatic rings. The summed E-state index contributed by atoms with van der Waals surface area (Å²) in [6.45, 7) is 6.51. The molecular formula is C33H31N5O4. The summed E-state index contributed by atoms with van der Waals surface area (Å²) >= 11 is 0. The van der Waals surface area contributed by atoms with E-state index in [1.807, 2.05) is 61.5 Å². The number of fused-ring (bicyclic) bond motifs is 1. The maximum atomic E-state index is 13.1. The summed E-state index contributed by atoms with van der Waals surface area (Å²) in [5.74, 6) is 2.78. The molecular weight excluding hydrogens is 530 g/mol. The highest BCUT2D eigenvalue weighted by Crippen LogP contribution is 2.42. The van der Waals surface area contributed by atoms with Gasteiger partial charge in [-0.05, 0) is 77.7 Å². The number of nitriles is 1. The maximum absolute atomic E-state index is 13.1. The van der Waals surface area contributed by atoms with Crippen LogP contribution in [0, 0.1) is 18.3 Å². The van der Waals surface area contributed by atoms with Gasteiger partial charge >= 0.3 is 0 Å². The minimum absolute atomic E-state index is 0.201. The van der Waals surface area contributed by atoms with Gasteiger partial charge in [-0.15, -0.1) is 0 Å². The van der Waals surface area contributed by atoms with Crippen LogP contribution in [0.2, 0.25) is 0 Å². The summed E-state index contributed by atoms with van der Waals surface area (Å²) in [4.78, 5) is 22.4. The second-order valence-corrected chi connectivity index (χ2v) is 10.4. The molecule has 6 rings (SSSR count). The van der Waals surface area contributed by atoms with E-state index in [1.165, 1.54) is 0 Å². The number of amides is 1. The highest BCUT2D eigenvalue weighted by atomic mass is 16.7. The van der Waals surface area contributed by atoms with Gasteiger partial charge < -0.3 is 24.4 Å². The van der Waals surface area contributed by atoms with Gasteiger partial charge in [0.25, 0.3) is 5.91 Å². The lowest BCUT2D eigenvalue weighted by molar-refractivity contribution is 0.102. The van der Waals surface area contributed by atoms with E-state index in [4.69, 9.17) is 19.5 Å². The molecule has 2 aliphatic heterocycles. The number of carbonyl (C=O) groups excluding carboxylic acids is 1. The molecule has 0 bridgehead atoms. The quantitative estimate of drug-likeness (QED) is 0.327. The minimum atomic E-state index is -0.201. The number of ether oxygens (including phenoxy) is 3. The van der Waals surface area contributed by atoms with Crippen LogP contribution in [0.4, 0.5) is 11.5 Å². The number of nitrogens with zero attached hydrogens (tertiary/aromatic N) is 4. The van der Waals surface area contributed by atoms with Crippen LogP contribution >= 0.6 is 0 Å². The summed E-state index contributed by atoms with van der Waals surface area (Å²) in [7, 11) is 1.64. The van der Waals surface area contributed by atoms with Crippen molar-refractivity contribution in [1.82, 2.24) is 9.88 Å². The zero-order valence-corrected chi connectivity index (χ0v) is 23.6. The molecule has 0 unspecified atom stereocenters. The average Bonchev–Trinajstić information content (AvgIpc) is 3.51. The SMILES string of the molecule is COc1cc(CN2CCN(c3ccc(NC(=O)c4ccc(C)c(-c5ccc(C#N)cc5)c4)cn3)CC2)cc2c1OCO2. The van der Waals surface area contributed by atoms with Crippen LogP contribution in [0.3, 0.4) is 0 Å². The molecule has 0 spiro atoms. The first-order valence-corrected chi connectivity index (χ1v) is 13.8. The van der Waals surface area contributed by atoms with Gasteiger partial charge in [0.05, 0.1) is 30.6 Å². The number of piperazine rings is 1. The molecule has 1 amide bonds. The number of hydrogen-bond acceptors (Lipinski definition) is 8. The topological polar surface area (TPSA) is 100.0 Å². The Morgan fingerprint density at radius 3 is 2.55 bits per heavy atom. The van der Waals surface area contributed by atoms with E-state index < -0.39 is 0 Å². The van der Waals surface area contributed by atoms with Gasteiger partial charge in [-0.2, -0.15) is 5.26 Å². The first-order chi connectivity index (χ1) is 20.5. The van der Waals surface area contributed by atoms with Crippen LogP contribution in [-0.4, -0.2) is 55.9 Å². The van der Waals surface area contributed by atoms with Crippen LogP contribution in [0.15, 0.2) is 72.9 Å². The molecule has 0 saturated carbocycles. The van der Waals surface area contributed by atoms with Gasteiger partial charge in [0.2, 0.25) is 12.5 Å². The minimum Gasteiger partial charge on any atom is -0.493 e. The lowest BCUT2D eigenvalue weighted by atomic mass is 9.97. The molecule has 0 atom stereocenters. The molecule has 1 fully saturated rings. The van der Waals surface area contributed by atoms with E-state index in [2.05, 4.69) is 26.2 Å². The van der Waals surface area contributed by atoms with E-state index >= 15 is 0 Å². The van der Waals surface area contributed by atoms with Crippen molar-refractivity contribution in [2.75, 3.05) is 50.3 Å². The molecule has 42 heavy (non-hydrogen) atoms. The normalized spacial score (nSPS) is 14.4. The van der Waals surface area contributed by atoms with E-state index in [0.29, 0.717) is 28.3 Å². The highest BCUT2D eigenvalue weighted by Gasteiger charge is 2.23. The Kier molecular flexibility index (Phi) is 7.62. The van der Waals surface area contributed by atoms with Gasteiger partial charge in [0.15, 0.2) is 11.5 Å². The summed E-state index contributed by atoms with van der Waals surface area (Å²) in [6.07, 6.45) is 1.70. The van der Waals surface area contributed by atoms with E-state index in [0.717, 1.165) is 66.5 Å². The molecule has 212 valence electrons. The van der Waals surface area contributed by atoms with Crippen LogP contribution < -0.4 is 24.4 Å². The molecule has 9 nitrogen and oxygen atoms in total. The summed E-state index contributed by atoms with van der Waals surface area (Å²) in [6, 6.07) is 23.0. The van der Waals surface area contributed by atoms with Crippen molar-refractivity contribution in [3.63, 3.8) is 0 Å². The largest absolute Gasteiger partial charge is 0.493 e. The van der Waals surface area contributed by atoms with Crippen molar-refractivity contribution in [2.45, 2.75) is 13.5 Å².